The van der Waals surface area contributed by atoms with Gasteiger partial charge in [-0.3, -0.25) is 4.79 Å². The fourth-order valence-electron chi connectivity index (χ4n) is 2.80. The quantitative estimate of drug-likeness (QED) is 0.404. The van der Waals surface area contributed by atoms with E-state index < -0.39 is 11.5 Å². The first-order valence-electron chi connectivity index (χ1n) is 9.04. The summed E-state index contributed by atoms with van der Waals surface area (Å²) in [4.78, 5) is 24.3. The number of amides is 1. The van der Waals surface area contributed by atoms with Gasteiger partial charge in [-0.2, -0.15) is 0 Å². The number of ether oxygens (including phenoxy) is 1. The Morgan fingerprint density at radius 3 is 2.55 bits per heavy atom. The average molecular weight is 387 g/mol. The van der Waals surface area contributed by atoms with Gasteiger partial charge in [-0.25, -0.2) is 4.79 Å². The van der Waals surface area contributed by atoms with E-state index in [4.69, 9.17) is 9.15 Å². The van der Waals surface area contributed by atoms with Crippen LogP contribution in [0.3, 0.4) is 0 Å². The molecule has 1 N–H and O–H groups in total. The van der Waals surface area contributed by atoms with Gasteiger partial charge >= 0.3 is 5.63 Å². The molecule has 7 nitrogen and oxygen atoms in total. The van der Waals surface area contributed by atoms with E-state index in [0.29, 0.717) is 16.8 Å². The molecule has 0 radical (unpaired) electrons. The number of para-hydroxylation sites is 1. The van der Waals surface area contributed by atoms with Crippen LogP contribution in [-0.2, 0) is 0 Å². The number of hydrogen-bond acceptors (Lipinski definition) is 6. The summed E-state index contributed by atoms with van der Waals surface area (Å²) >= 11 is 0. The highest BCUT2D eigenvalue weighted by Crippen LogP contribution is 2.17. The maximum absolute atomic E-state index is 12.3. The fraction of sp³-hybridized carbons (Fsp3) is 0.0909. The molecule has 0 saturated carbocycles. The third kappa shape index (κ3) is 4.30. The predicted octanol–water partition coefficient (Wildman–Crippen LogP) is 3.06. The standard InChI is InChI=1S/C22H17N3O4/c26-21(17-14-16-8-4-5-9-19(16)29-22(17)27)23-12-13-28-20-11-10-18(24-25-20)15-6-2-1-3-7-15/h1-11,14H,12-13H2,(H,23,26). The zero-order chi connectivity index (χ0) is 20.1. The molecular weight excluding hydrogens is 370 g/mol. The molecule has 2 heterocycles. The Labute approximate surface area is 166 Å². The fourth-order valence-corrected chi connectivity index (χ4v) is 2.80. The van der Waals surface area contributed by atoms with E-state index in [1.54, 1.807) is 24.3 Å². The van der Waals surface area contributed by atoms with E-state index >= 15 is 0 Å². The number of fused-ring (bicyclic) bond motifs is 1. The van der Waals surface area contributed by atoms with Gasteiger partial charge in [-0.1, -0.05) is 48.5 Å². The van der Waals surface area contributed by atoms with E-state index in [9.17, 15) is 9.59 Å². The molecule has 0 fully saturated rings. The summed E-state index contributed by atoms with van der Waals surface area (Å²) in [6, 6.07) is 21.8. The van der Waals surface area contributed by atoms with Crippen LogP contribution in [-0.4, -0.2) is 29.3 Å². The van der Waals surface area contributed by atoms with Crippen molar-refractivity contribution in [2.75, 3.05) is 13.2 Å². The predicted molar refractivity (Wildman–Crippen MR) is 108 cm³/mol. The maximum atomic E-state index is 12.3. The molecular formula is C22H17N3O4. The van der Waals surface area contributed by atoms with Gasteiger partial charge in [0.05, 0.1) is 12.2 Å². The third-order valence-electron chi connectivity index (χ3n) is 4.23. The Morgan fingerprint density at radius 1 is 0.966 bits per heavy atom. The summed E-state index contributed by atoms with van der Waals surface area (Å²) in [5, 5.41) is 11.5. The Balaban J connectivity index is 1.32. The lowest BCUT2D eigenvalue weighted by Gasteiger charge is -2.07. The van der Waals surface area contributed by atoms with Crippen LogP contribution in [0, 0.1) is 0 Å². The summed E-state index contributed by atoms with van der Waals surface area (Å²) in [5.74, 6) is -0.164. The normalized spacial score (nSPS) is 10.6. The number of carbonyl (C=O) groups is 1. The molecule has 0 aliphatic carbocycles. The summed E-state index contributed by atoms with van der Waals surface area (Å²) < 4.78 is 10.7. The Hall–Kier alpha value is -4.00. The molecule has 2 aromatic carbocycles. The minimum atomic E-state index is -0.676. The minimum absolute atomic E-state index is 0.0456. The first-order chi connectivity index (χ1) is 14.2. The van der Waals surface area contributed by atoms with Gasteiger partial charge < -0.3 is 14.5 Å². The number of rotatable bonds is 6. The molecule has 1 amide bonds. The Bertz CT molecular complexity index is 1190. The lowest BCUT2D eigenvalue weighted by atomic mass is 10.1. The van der Waals surface area contributed by atoms with Gasteiger partial charge in [0, 0.05) is 17.0 Å². The van der Waals surface area contributed by atoms with Crippen molar-refractivity contribution in [2.24, 2.45) is 0 Å². The van der Waals surface area contributed by atoms with Gasteiger partial charge in [0.25, 0.3) is 5.91 Å². The molecule has 0 saturated heterocycles. The van der Waals surface area contributed by atoms with Crippen LogP contribution < -0.4 is 15.7 Å². The van der Waals surface area contributed by atoms with Gasteiger partial charge in [0.15, 0.2) is 0 Å². The summed E-state index contributed by atoms with van der Waals surface area (Å²) in [6.07, 6.45) is 0. The molecule has 0 atom stereocenters. The Morgan fingerprint density at radius 2 is 1.76 bits per heavy atom. The molecule has 2 aromatic heterocycles. The van der Waals surface area contributed by atoms with Crippen molar-refractivity contribution in [3.05, 3.63) is 88.8 Å². The highest BCUT2D eigenvalue weighted by Gasteiger charge is 2.13. The average Bonchev–Trinajstić information content (AvgIpc) is 2.77. The van der Waals surface area contributed by atoms with Gasteiger partial charge in [-0.05, 0) is 18.2 Å². The first kappa shape index (κ1) is 18.4. The highest BCUT2D eigenvalue weighted by atomic mass is 16.5. The summed E-state index contributed by atoms with van der Waals surface area (Å²) in [7, 11) is 0. The van der Waals surface area contributed by atoms with Crippen LogP contribution in [0.4, 0.5) is 0 Å². The molecule has 4 rings (SSSR count). The van der Waals surface area contributed by atoms with Gasteiger partial charge in [0.2, 0.25) is 5.88 Å². The second-order valence-electron chi connectivity index (χ2n) is 6.21. The van der Waals surface area contributed by atoms with Crippen LogP contribution in [0.5, 0.6) is 5.88 Å². The Kier molecular flexibility index (Phi) is 5.29. The van der Waals surface area contributed by atoms with E-state index in [-0.39, 0.29) is 18.7 Å². The van der Waals surface area contributed by atoms with E-state index in [0.717, 1.165) is 11.3 Å². The smallest absolute Gasteiger partial charge is 0.349 e. The van der Waals surface area contributed by atoms with Crippen molar-refractivity contribution >= 4 is 16.9 Å². The topological polar surface area (TPSA) is 94.3 Å². The number of benzene rings is 2. The lowest BCUT2D eigenvalue weighted by Crippen LogP contribution is -2.31. The maximum Gasteiger partial charge on any atom is 0.349 e. The monoisotopic (exact) mass is 387 g/mol. The van der Waals surface area contributed by atoms with Gasteiger partial charge in [-0.15, -0.1) is 10.2 Å². The summed E-state index contributed by atoms with van der Waals surface area (Å²) in [6.45, 7) is 0.386. The highest BCUT2D eigenvalue weighted by molar-refractivity contribution is 5.96. The van der Waals surface area contributed by atoms with Crippen molar-refractivity contribution in [2.45, 2.75) is 0 Å². The van der Waals surface area contributed by atoms with Crippen molar-refractivity contribution in [1.82, 2.24) is 15.5 Å². The molecule has 4 aromatic rings. The lowest BCUT2D eigenvalue weighted by molar-refractivity contribution is 0.0943. The first-order valence-corrected chi connectivity index (χ1v) is 9.04. The van der Waals surface area contributed by atoms with Crippen LogP contribution in [0.25, 0.3) is 22.2 Å². The molecule has 0 spiro atoms. The molecule has 7 heteroatoms. The van der Waals surface area contributed by atoms with E-state index in [1.165, 1.54) is 6.07 Å². The van der Waals surface area contributed by atoms with Crippen molar-refractivity contribution in [1.29, 1.82) is 0 Å². The SMILES string of the molecule is O=C(NCCOc1ccc(-c2ccccc2)nn1)c1cc2ccccc2oc1=O. The van der Waals surface area contributed by atoms with Crippen molar-refractivity contribution in [3.8, 4) is 17.1 Å². The van der Waals surface area contributed by atoms with Crippen LogP contribution in [0.1, 0.15) is 10.4 Å². The zero-order valence-corrected chi connectivity index (χ0v) is 15.4. The number of aromatic nitrogens is 2. The van der Waals surface area contributed by atoms with E-state index in [2.05, 4.69) is 15.5 Å². The van der Waals surface area contributed by atoms with Crippen molar-refractivity contribution in [3.63, 3.8) is 0 Å². The van der Waals surface area contributed by atoms with Crippen LogP contribution >= 0.6 is 0 Å². The molecule has 144 valence electrons. The van der Waals surface area contributed by atoms with Crippen LogP contribution in [0.15, 0.2) is 82.0 Å². The summed E-state index contributed by atoms with van der Waals surface area (Å²) in [5.41, 5.74) is 1.43. The second kappa shape index (κ2) is 8.35. The van der Waals surface area contributed by atoms with Crippen LogP contribution in [0.2, 0.25) is 0 Å². The molecule has 0 bridgehead atoms. The number of nitrogens with zero attached hydrogens (tertiary/aromatic N) is 2. The third-order valence-corrected chi connectivity index (χ3v) is 4.23. The second-order valence-corrected chi connectivity index (χ2v) is 6.21. The molecule has 29 heavy (non-hydrogen) atoms. The van der Waals surface area contributed by atoms with E-state index in [1.807, 2.05) is 42.5 Å². The van der Waals surface area contributed by atoms with Crippen molar-refractivity contribution < 1.29 is 13.9 Å². The molecule has 0 aliphatic rings. The molecule has 0 unspecified atom stereocenters. The molecule has 0 aliphatic heterocycles. The number of nitrogens with one attached hydrogen (secondary N) is 1. The largest absolute Gasteiger partial charge is 0.475 e. The minimum Gasteiger partial charge on any atom is -0.475 e. The number of carbonyl (C=O) groups excluding carboxylic acids is 1. The van der Waals surface area contributed by atoms with Gasteiger partial charge in [0.1, 0.15) is 17.8 Å². The number of hydrogen-bond donors (Lipinski definition) is 1. The zero-order valence-electron chi connectivity index (χ0n) is 15.4.